The molecule has 1 aliphatic rings. The standard InChI is InChI=1S/C19H27N3O/c1-21-18(11-12-20-21)19(17-9-4-2-5-10-17)23-16-8-15-22-13-6-3-7-14-22/h2,4-5,9-12,19H,3,6-8,13-16H2,1H3. The molecule has 4 nitrogen and oxygen atoms in total. The number of aromatic nitrogens is 2. The van der Waals surface area contributed by atoms with E-state index in [-0.39, 0.29) is 6.10 Å². The predicted octanol–water partition coefficient (Wildman–Crippen LogP) is 3.40. The first kappa shape index (κ1) is 16.2. The fourth-order valence-corrected chi connectivity index (χ4v) is 3.29. The summed E-state index contributed by atoms with van der Waals surface area (Å²) < 4.78 is 8.16. The number of likely N-dealkylation sites (tertiary alicyclic amines) is 1. The molecule has 0 bridgehead atoms. The maximum Gasteiger partial charge on any atom is 0.124 e. The lowest BCUT2D eigenvalue weighted by molar-refractivity contribution is 0.0652. The average molecular weight is 313 g/mol. The van der Waals surface area contributed by atoms with Crippen LogP contribution >= 0.6 is 0 Å². The first-order valence-corrected chi connectivity index (χ1v) is 8.71. The monoisotopic (exact) mass is 313 g/mol. The van der Waals surface area contributed by atoms with Crippen molar-refractivity contribution in [3.63, 3.8) is 0 Å². The minimum absolute atomic E-state index is 0.0370. The quantitative estimate of drug-likeness (QED) is 0.734. The maximum absolute atomic E-state index is 6.26. The van der Waals surface area contributed by atoms with Gasteiger partial charge in [-0.3, -0.25) is 4.68 Å². The zero-order valence-electron chi connectivity index (χ0n) is 14.0. The molecule has 1 unspecified atom stereocenters. The number of hydrogen-bond donors (Lipinski definition) is 0. The molecule has 1 fully saturated rings. The van der Waals surface area contributed by atoms with Gasteiger partial charge in [-0.25, -0.2) is 0 Å². The molecular weight excluding hydrogens is 286 g/mol. The molecule has 4 heteroatoms. The van der Waals surface area contributed by atoms with Crippen molar-refractivity contribution in [3.8, 4) is 0 Å². The summed E-state index contributed by atoms with van der Waals surface area (Å²) in [4.78, 5) is 2.56. The Labute approximate surface area is 139 Å². The second kappa shape index (κ2) is 8.27. The van der Waals surface area contributed by atoms with Crippen molar-refractivity contribution in [2.45, 2.75) is 31.8 Å². The highest BCUT2D eigenvalue weighted by atomic mass is 16.5. The van der Waals surface area contributed by atoms with E-state index in [1.807, 2.05) is 30.1 Å². The van der Waals surface area contributed by atoms with Crippen LogP contribution in [0.25, 0.3) is 0 Å². The fourth-order valence-electron chi connectivity index (χ4n) is 3.29. The highest BCUT2D eigenvalue weighted by molar-refractivity contribution is 5.25. The fraction of sp³-hybridized carbons (Fsp3) is 0.526. The van der Waals surface area contributed by atoms with Gasteiger partial charge in [-0.2, -0.15) is 5.10 Å². The van der Waals surface area contributed by atoms with Crippen molar-refractivity contribution in [1.82, 2.24) is 14.7 Å². The summed E-state index contributed by atoms with van der Waals surface area (Å²) in [6, 6.07) is 12.5. The summed E-state index contributed by atoms with van der Waals surface area (Å²) in [7, 11) is 1.97. The number of nitrogens with zero attached hydrogens (tertiary/aromatic N) is 3. The van der Waals surface area contributed by atoms with Gasteiger partial charge in [0.2, 0.25) is 0 Å². The van der Waals surface area contributed by atoms with Gasteiger partial charge in [0.15, 0.2) is 0 Å². The first-order valence-electron chi connectivity index (χ1n) is 8.71. The van der Waals surface area contributed by atoms with Gasteiger partial charge in [0, 0.05) is 26.4 Å². The summed E-state index contributed by atoms with van der Waals surface area (Å²) in [5.41, 5.74) is 2.29. The smallest absolute Gasteiger partial charge is 0.124 e. The Morgan fingerprint density at radius 1 is 1.09 bits per heavy atom. The molecule has 2 aromatic rings. The predicted molar refractivity (Wildman–Crippen MR) is 92.4 cm³/mol. The molecular formula is C19H27N3O. The van der Waals surface area contributed by atoms with Crippen molar-refractivity contribution in [1.29, 1.82) is 0 Å². The normalized spacial score (nSPS) is 17.3. The lowest BCUT2D eigenvalue weighted by Gasteiger charge is -2.26. The van der Waals surface area contributed by atoms with Gasteiger partial charge in [-0.15, -0.1) is 0 Å². The van der Waals surface area contributed by atoms with Gasteiger partial charge in [0.25, 0.3) is 0 Å². The Hall–Kier alpha value is -1.65. The summed E-state index contributed by atoms with van der Waals surface area (Å²) >= 11 is 0. The Kier molecular flexibility index (Phi) is 5.83. The van der Waals surface area contributed by atoms with Crippen molar-refractivity contribution in [2.24, 2.45) is 7.05 Å². The summed E-state index contributed by atoms with van der Waals surface area (Å²) in [5, 5.41) is 4.29. The van der Waals surface area contributed by atoms with Gasteiger partial charge < -0.3 is 9.64 Å². The van der Waals surface area contributed by atoms with Crippen LogP contribution in [0.15, 0.2) is 42.6 Å². The van der Waals surface area contributed by atoms with Crippen molar-refractivity contribution >= 4 is 0 Å². The third-order valence-corrected chi connectivity index (χ3v) is 4.58. The molecule has 0 amide bonds. The number of ether oxygens (including phenoxy) is 1. The Morgan fingerprint density at radius 2 is 1.87 bits per heavy atom. The molecule has 3 rings (SSSR count). The lowest BCUT2D eigenvalue weighted by Crippen LogP contribution is -2.31. The van der Waals surface area contributed by atoms with Gasteiger partial charge in [-0.1, -0.05) is 36.8 Å². The van der Waals surface area contributed by atoms with E-state index in [1.165, 1.54) is 37.9 Å². The molecule has 0 saturated carbocycles. The largest absolute Gasteiger partial charge is 0.367 e. The molecule has 124 valence electrons. The van der Waals surface area contributed by atoms with E-state index < -0.39 is 0 Å². The minimum atomic E-state index is -0.0370. The van der Waals surface area contributed by atoms with Gasteiger partial charge in [0.1, 0.15) is 6.10 Å². The second-order valence-corrected chi connectivity index (χ2v) is 6.30. The number of aryl methyl sites for hydroxylation is 1. The molecule has 0 N–H and O–H groups in total. The van der Waals surface area contributed by atoms with Crippen LogP contribution in [0.2, 0.25) is 0 Å². The van der Waals surface area contributed by atoms with E-state index >= 15 is 0 Å². The molecule has 1 aromatic carbocycles. The molecule has 1 saturated heterocycles. The van der Waals surface area contributed by atoms with Crippen LogP contribution in [0.5, 0.6) is 0 Å². The summed E-state index contributed by atoms with van der Waals surface area (Å²) in [5.74, 6) is 0. The molecule has 1 atom stereocenters. The highest BCUT2D eigenvalue weighted by Crippen LogP contribution is 2.25. The third-order valence-electron chi connectivity index (χ3n) is 4.58. The van der Waals surface area contributed by atoms with E-state index in [1.54, 1.807) is 0 Å². The number of piperidine rings is 1. The van der Waals surface area contributed by atoms with Gasteiger partial charge in [0.05, 0.1) is 5.69 Å². The highest BCUT2D eigenvalue weighted by Gasteiger charge is 2.18. The third kappa shape index (κ3) is 4.43. The molecule has 0 aliphatic carbocycles. The molecule has 1 aromatic heterocycles. The Morgan fingerprint density at radius 3 is 2.57 bits per heavy atom. The van der Waals surface area contributed by atoms with Crippen LogP contribution in [0.3, 0.4) is 0 Å². The molecule has 1 aliphatic heterocycles. The molecule has 0 radical (unpaired) electrons. The van der Waals surface area contributed by atoms with Crippen LogP contribution in [0.1, 0.15) is 43.0 Å². The minimum Gasteiger partial charge on any atom is -0.367 e. The van der Waals surface area contributed by atoms with E-state index in [2.05, 4.69) is 34.3 Å². The summed E-state index contributed by atoms with van der Waals surface area (Å²) in [6.45, 7) is 4.43. The SMILES string of the molecule is Cn1nccc1C(OCCCN1CCCCC1)c1ccccc1. The average Bonchev–Trinajstić information content (AvgIpc) is 3.02. The van der Waals surface area contributed by atoms with Crippen LogP contribution in [-0.2, 0) is 11.8 Å². The number of benzene rings is 1. The van der Waals surface area contributed by atoms with E-state index in [4.69, 9.17) is 4.74 Å². The topological polar surface area (TPSA) is 30.3 Å². The van der Waals surface area contributed by atoms with Gasteiger partial charge in [-0.05, 0) is 44.0 Å². The number of hydrogen-bond acceptors (Lipinski definition) is 3. The lowest BCUT2D eigenvalue weighted by atomic mass is 10.1. The maximum atomic E-state index is 6.26. The zero-order valence-corrected chi connectivity index (χ0v) is 14.0. The van der Waals surface area contributed by atoms with Crippen LogP contribution in [-0.4, -0.2) is 40.9 Å². The zero-order chi connectivity index (χ0) is 15.9. The van der Waals surface area contributed by atoms with E-state index in [9.17, 15) is 0 Å². The molecule has 0 spiro atoms. The first-order chi connectivity index (χ1) is 11.3. The van der Waals surface area contributed by atoms with Gasteiger partial charge >= 0.3 is 0 Å². The Bertz CT molecular complexity index is 575. The van der Waals surface area contributed by atoms with Crippen molar-refractivity contribution in [2.75, 3.05) is 26.2 Å². The van der Waals surface area contributed by atoms with Crippen molar-refractivity contribution in [3.05, 3.63) is 53.9 Å². The van der Waals surface area contributed by atoms with E-state index in [0.717, 1.165) is 25.3 Å². The van der Waals surface area contributed by atoms with Crippen LogP contribution < -0.4 is 0 Å². The summed E-state index contributed by atoms with van der Waals surface area (Å²) in [6.07, 6.45) is 6.98. The van der Waals surface area contributed by atoms with E-state index in [0.29, 0.717) is 0 Å². The Balaban J connectivity index is 1.57. The molecule has 2 heterocycles. The molecule has 23 heavy (non-hydrogen) atoms. The van der Waals surface area contributed by atoms with Crippen LogP contribution in [0, 0.1) is 0 Å². The van der Waals surface area contributed by atoms with Crippen LogP contribution in [0.4, 0.5) is 0 Å². The second-order valence-electron chi connectivity index (χ2n) is 6.30. The van der Waals surface area contributed by atoms with Crippen molar-refractivity contribution < 1.29 is 4.74 Å². The number of rotatable bonds is 7.